The molecule has 0 radical (unpaired) electrons. The number of rotatable bonds is 7. The number of nitrogens with zero attached hydrogens (tertiary/aromatic N) is 2. The Bertz CT molecular complexity index is 790. The van der Waals surface area contributed by atoms with Crippen LogP contribution < -0.4 is 5.32 Å². The Kier molecular flexibility index (Phi) is 6.98. The fraction of sp³-hybridized carbons (Fsp3) is 0.526. The number of hydrogen-bond donors (Lipinski definition) is 1. The van der Waals surface area contributed by atoms with Crippen LogP contribution in [0.3, 0.4) is 0 Å². The average Bonchev–Trinajstić information content (AvgIpc) is 2.67. The van der Waals surface area contributed by atoms with Crippen LogP contribution >= 0.6 is 0 Å². The molecule has 8 heteroatoms. The summed E-state index contributed by atoms with van der Waals surface area (Å²) in [5.41, 5.74) is -0.634. The van der Waals surface area contributed by atoms with Gasteiger partial charge in [-0.2, -0.15) is 4.31 Å². The summed E-state index contributed by atoms with van der Waals surface area (Å²) in [6.07, 6.45) is 6.86. The van der Waals surface area contributed by atoms with Crippen molar-refractivity contribution in [1.29, 1.82) is 0 Å². The molecule has 1 aliphatic rings. The molecule has 0 aromatic heterocycles. The van der Waals surface area contributed by atoms with Crippen LogP contribution in [0.1, 0.15) is 26.7 Å². The van der Waals surface area contributed by atoms with E-state index in [4.69, 9.17) is 6.42 Å². The fourth-order valence-electron chi connectivity index (χ4n) is 3.06. The Morgan fingerprint density at radius 2 is 1.74 bits per heavy atom. The Balaban J connectivity index is 1.92. The second kappa shape index (κ2) is 8.83. The molecule has 2 rings (SSSR count). The van der Waals surface area contributed by atoms with Crippen LogP contribution in [0.5, 0.6) is 0 Å². The summed E-state index contributed by atoms with van der Waals surface area (Å²) in [7, 11) is -3.66. The summed E-state index contributed by atoms with van der Waals surface area (Å²) >= 11 is 0. The molecule has 1 amide bonds. The molecule has 1 aromatic rings. The Morgan fingerprint density at radius 1 is 1.19 bits per heavy atom. The minimum atomic E-state index is -3.66. The summed E-state index contributed by atoms with van der Waals surface area (Å²) in [4.78, 5) is 14.3. The van der Waals surface area contributed by atoms with E-state index in [1.54, 1.807) is 0 Å². The summed E-state index contributed by atoms with van der Waals surface area (Å²) < 4.78 is 39.6. The molecular formula is C19H26FN3O3S. The second-order valence-electron chi connectivity index (χ2n) is 6.62. The molecule has 0 unspecified atom stereocenters. The number of carbonyl (C=O) groups excluding carboxylic acids is 1. The summed E-state index contributed by atoms with van der Waals surface area (Å²) in [5, 5.41) is 2.92. The number of terminal acetylenes is 1. The van der Waals surface area contributed by atoms with Crippen LogP contribution in [0.25, 0.3) is 0 Å². The van der Waals surface area contributed by atoms with E-state index in [1.807, 2.05) is 18.7 Å². The summed E-state index contributed by atoms with van der Waals surface area (Å²) in [6, 6.07) is 4.79. The molecule has 1 saturated heterocycles. The highest BCUT2D eigenvalue weighted by Gasteiger charge is 2.30. The number of carbonyl (C=O) groups is 1. The molecule has 6 nitrogen and oxygen atoms in total. The monoisotopic (exact) mass is 395 g/mol. The quantitative estimate of drug-likeness (QED) is 0.710. The van der Waals surface area contributed by atoms with E-state index in [-0.39, 0.29) is 30.4 Å². The van der Waals surface area contributed by atoms with Gasteiger partial charge in [-0.15, -0.1) is 6.42 Å². The van der Waals surface area contributed by atoms with E-state index in [2.05, 4.69) is 11.2 Å². The van der Waals surface area contributed by atoms with Gasteiger partial charge in [-0.3, -0.25) is 9.69 Å². The Labute approximate surface area is 160 Å². The van der Waals surface area contributed by atoms with Crippen molar-refractivity contribution in [3.63, 3.8) is 0 Å². The highest BCUT2D eigenvalue weighted by molar-refractivity contribution is 7.89. The van der Waals surface area contributed by atoms with Gasteiger partial charge in [0.2, 0.25) is 15.9 Å². The molecule has 1 N–H and O–H groups in total. The van der Waals surface area contributed by atoms with Crippen molar-refractivity contribution in [2.75, 3.05) is 32.7 Å². The SMILES string of the molecule is C#CC(CC)(CC)NC(=O)CN1CCN(S(=O)(=O)c2ccc(F)cc2)CC1. The van der Waals surface area contributed by atoms with Crippen LogP contribution in [0.4, 0.5) is 4.39 Å². The first-order valence-electron chi connectivity index (χ1n) is 9.03. The number of sulfonamides is 1. The smallest absolute Gasteiger partial charge is 0.243 e. The Hall–Kier alpha value is -1.95. The third-order valence-corrected chi connectivity index (χ3v) is 6.92. The van der Waals surface area contributed by atoms with Crippen LogP contribution in [0.2, 0.25) is 0 Å². The van der Waals surface area contributed by atoms with E-state index in [0.717, 1.165) is 12.1 Å². The number of hydrogen-bond acceptors (Lipinski definition) is 4. The van der Waals surface area contributed by atoms with Crippen molar-refractivity contribution in [3.8, 4) is 12.3 Å². The van der Waals surface area contributed by atoms with Crippen molar-refractivity contribution in [2.45, 2.75) is 37.1 Å². The van der Waals surface area contributed by atoms with Crippen LogP contribution in [-0.4, -0.2) is 61.8 Å². The van der Waals surface area contributed by atoms with Gasteiger partial charge in [-0.05, 0) is 37.1 Å². The molecule has 148 valence electrons. The van der Waals surface area contributed by atoms with E-state index in [1.165, 1.54) is 16.4 Å². The van der Waals surface area contributed by atoms with Crippen LogP contribution in [0, 0.1) is 18.2 Å². The second-order valence-corrected chi connectivity index (χ2v) is 8.55. The van der Waals surface area contributed by atoms with Gasteiger partial charge in [-0.25, -0.2) is 12.8 Å². The summed E-state index contributed by atoms with van der Waals surface area (Å²) in [5.74, 6) is 2.03. The fourth-order valence-corrected chi connectivity index (χ4v) is 4.48. The molecule has 1 aliphatic heterocycles. The number of amides is 1. The summed E-state index contributed by atoms with van der Waals surface area (Å²) in [6.45, 7) is 5.47. The molecule has 1 fully saturated rings. The molecule has 0 aliphatic carbocycles. The van der Waals surface area contributed by atoms with Crippen molar-refractivity contribution in [2.24, 2.45) is 0 Å². The molecule has 0 spiro atoms. The first-order valence-corrected chi connectivity index (χ1v) is 10.5. The standard InChI is InChI=1S/C19H26FN3O3S/c1-4-19(5-2,6-3)21-18(24)15-22-11-13-23(14-12-22)27(25,26)17-9-7-16(20)8-10-17/h1,7-10H,5-6,11-15H2,2-3H3,(H,21,24). The van der Waals surface area contributed by atoms with Gasteiger partial charge < -0.3 is 5.32 Å². The minimum Gasteiger partial charge on any atom is -0.339 e. The zero-order valence-corrected chi connectivity index (χ0v) is 16.6. The highest BCUT2D eigenvalue weighted by atomic mass is 32.2. The van der Waals surface area contributed by atoms with Gasteiger partial charge >= 0.3 is 0 Å². The molecule has 27 heavy (non-hydrogen) atoms. The molecule has 1 heterocycles. The number of nitrogens with one attached hydrogen (secondary N) is 1. The molecule has 0 bridgehead atoms. The van der Waals surface area contributed by atoms with Gasteiger partial charge in [0, 0.05) is 26.2 Å². The number of benzene rings is 1. The van der Waals surface area contributed by atoms with Gasteiger partial charge in [0.05, 0.1) is 11.4 Å². The molecule has 1 aromatic carbocycles. The van der Waals surface area contributed by atoms with Gasteiger partial charge in [0.15, 0.2) is 0 Å². The van der Waals surface area contributed by atoms with E-state index in [9.17, 15) is 17.6 Å². The topological polar surface area (TPSA) is 69.7 Å². The lowest BCUT2D eigenvalue weighted by Gasteiger charge is -2.34. The van der Waals surface area contributed by atoms with Crippen LogP contribution in [0.15, 0.2) is 29.2 Å². The van der Waals surface area contributed by atoms with Crippen molar-refractivity contribution in [3.05, 3.63) is 30.1 Å². The highest BCUT2D eigenvalue weighted by Crippen LogP contribution is 2.18. The maximum Gasteiger partial charge on any atom is 0.243 e. The lowest BCUT2D eigenvalue weighted by Crippen LogP contribution is -2.54. The molecular weight excluding hydrogens is 369 g/mol. The van der Waals surface area contributed by atoms with Crippen LogP contribution in [-0.2, 0) is 14.8 Å². The van der Waals surface area contributed by atoms with E-state index < -0.39 is 21.4 Å². The van der Waals surface area contributed by atoms with Crippen molar-refractivity contribution in [1.82, 2.24) is 14.5 Å². The Morgan fingerprint density at radius 3 is 2.22 bits per heavy atom. The van der Waals surface area contributed by atoms with Gasteiger partial charge in [-0.1, -0.05) is 19.8 Å². The van der Waals surface area contributed by atoms with Crippen molar-refractivity contribution >= 4 is 15.9 Å². The lowest BCUT2D eigenvalue weighted by molar-refractivity contribution is -0.123. The molecule has 0 saturated carbocycles. The third-order valence-electron chi connectivity index (χ3n) is 5.01. The minimum absolute atomic E-state index is 0.0692. The average molecular weight is 396 g/mol. The van der Waals surface area contributed by atoms with Gasteiger partial charge in [0.1, 0.15) is 11.4 Å². The van der Waals surface area contributed by atoms with E-state index in [0.29, 0.717) is 25.9 Å². The lowest BCUT2D eigenvalue weighted by atomic mass is 9.94. The van der Waals surface area contributed by atoms with Gasteiger partial charge in [0.25, 0.3) is 0 Å². The van der Waals surface area contributed by atoms with Crippen molar-refractivity contribution < 1.29 is 17.6 Å². The van der Waals surface area contributed by atoms with E-state index >= 15 is 0 Å². The maximum absolute atomic E-state index is 13.0. The predicted molar refractivity (Wildman–Crippen MR) is 102 cm³/mol. The normalized spacial score (nSPS) is 16.7. The number of piperazine rings is 1. The zero-order chi connectivity index (χ0) is 20.1. The first-order chi connectivity index (χ1) is 12.8. The third kappa shape index (κ3) is 5.06. The maximum atomic E-state index is 13.0. The largest absolute Gasteiger partial charge is 0.339 e. The number of halogens is 1. The molecule has 0 atom stereocenters. The predicted octanol–water partition coefficient (Wildman–Crippen LogP) is 1.44. The first kappa shape index (κ1) is 21.4. The zero-order valence-electron chi connectivity index (χ0n) is 15.7.